The van der Waals surface area contributed by atoms with Crippen molar-refractivity contribution in [1.29, 1.82) is 0 Å². The van der Waals surface area contributed by atoms with E-state index < -0.39 is 5.97 Å². The molecule has 0 aliphatic carbocycles. The lowest BCUT2D eigenvalue weighted by Crippen LogP contribution is -2.02. The van der Waals surface area contributed by atoms with Crippen LogP contribution in [0.4, 0.5) is 0 Å². The zero-order chi connectivity index (χ0) is 21.0. The number of rotatable bonds is 7. The molecule has 0 amide bonds. The molecule has 0 aliphatic heterocycles. The van der Waals surface area contributed by atoms with Crippen LogP contribution in [0.25, 0.3) is 17.5 Å². The second kappa shape index (κ2) is 9.15. The summed E-state index contributed by atoms with van der Waals surface area (Å²) in [6, 6.07) is 12.8. The summed E-state index contributed by atoms with van der Waals surface area (Å²) in [6.45, 7) is 4.49. The number of hydrogen-bond acceptors (Lipinski definition) is 5. The van der Waals surface area contributed by atoms with Gasteiger partial charge in [0, 0.05) is 17.1 Å². The number of thioether (sulfide) groups is 1. The SMILES string of the molecule is CCn1c(S/C(=C\c2ccc(C)c(OC)c2)C(=O)O)nnc1-c1ccc(Cl)cc1. The quantitative estimate of drug-likeness (QED) is 0.413. The number of benzene rings is 2. The van der Waals surface area contributed by atoms with Gasteiger partial charge in [-0.1, -0.05) is 23.7 Å². The number of carbonyl (C=O) groups is 1. The Balaban J connectivity index is 1.95. The average molecular weight is 430 g/mol. The van der Waals surface area contributed by atoms with E-state index in [2.05, 4.69) is 10.2 Å². The number of hydrogen-bond donors (Lipinski definition) is 1. The second-order valence-electron chi connectivity index (χ2n) is 6.20. The maximum absolute atomic E-state index is 11.9. The third-order valence-electron chi connectivity index (χ3n) is 4.28. The highest BCUT2D eigenvalue weighted by molar-refractivity contribution is 8.04. The second-order valence-corrected chi connectivity index (χ2v) is 7.65. The topological polar surface area (TPSA) is 77.2 Å². The Labute approximate surface area is 178 Å². The third-order valence-corrected chi connectivity index (χ3v) is 5.53. The van der Waals surface area contributed by atoms with Crippen molar-refractivity contribution in [2.24, 2.45) is 0 Å². The van der Waals surface area contributed by atoms with Gasteiger partial charge < -0.3 is 14.4 Å². The van der Waals surface area contributed by atoms with Crippen molar-refractivity contribution in [3.05, 3.63) is 63.5 Å². The van der Waals surface area contributed by atoms with Gasteiger partial charge in [-0.15, -0.1) is 10.2 Å². The van der Waals surface area contributed by atoms with Crippen molar-refractivity contribution in [2.75, 3.05) is 7.11 Å². The standard InChI is InChI=1S/C21H20ClN3O3S/c1-4-25-19(15-7-9-16(22)10-8-15)23-24-21(25)29-18(20(26)27)12-14-6-5-13(2)17(11-14)28-3/h5-12H,4H2,1-3H3,(H,26,27)/b18-12-. The molecule has 1 N–H and O–H groups in total. The fourth-order valence-corrected chi connectivity index (χ4v) is 3.79. The van der Waals surface area contributed by atoms with Crippen LogP contribution >= 0.6 is 23.4 Å². The molecule has 3 aromatic rings. The molecule has 6 nitrogen and oxygen atoms in total. The van der Waals surface area contributed by atoms with Crippen molar-refractivity contribution >= 4 is 35.4 Å². The molecule has 1 aromatic heterocycles. The van der Waals surface area contributed by atoms with Gasteiger partial charge in [0.1, 0.15) is 10.7 Å². The van der Waals surface area contributed by atoms with E-state index in [4.69, 9.17) is 16.3 Å². The molecule has 3 rings (SSSR count). The molecule has 0 unspecified atom stereocenters. The van der Waals surface area contributed by atoms with Gasteiger partial charge >= 0.3 is 5.97 Å². The van der Waals surface area contributed by atoms with Crippen molar-refractivity contribution in [3.8, 4) is 17.1 Å². The minimum Gasteiger partial charge on any atom is -0.496 e. The Kier molecular flexibility index (Phi) is 6.61. The number of ether oxygens (including phenoxy) is 1. The maximum Gasteiger partial charge on any atom is 0.342 e. The van der Waals surface area contributed by atoms with Crippen LogP contribution in [0.15, 0.2) is 52.5 Å². The van der Waals surface area contributed by atoms with Gasteiger partial charge in [-0.05, 0) is 73.1 Å². The van der Waals surface area contributed by atoms with Crippen molar-refractivity contribution in [2.45, 2.75) is 25.5 Å². The summed E-state index contributed by atoms with van der Waals surface area (Å²) in [4.78, 5) is 12.0. The molecule has 29 heavy (non-hydrogen) atoms. The van der Waals surface area contributed by atoms with Crippen molar-refractivity contribution in [1.82, 2.24) is 14.8 Å². The van der Waals surface area contributed by atoms with E-state index in [1.165, 1.54) is 0 Å². The Morgan fingerprint density at radius 1 is 1.24 bits per heavy atom. The summed E-state index contributed by atoms with van der Waals surface area (Å²) in [5, 5.41) is 19.3. The van der Waals surface area contributed by atoms with Gasteiger partial charge in [0.2, 0.25) is 0 Å². The lowest BCUT2D eigenvalue weighted by molar-refractivity contribution is -0.131. The Morgan fingerprint density at radius 2 is 1.97 bits per heavy atom. The van der Waals surface area contributed by atoms with Gasteiger partial charge in [-0.2, -0.15) is 0 Å². The summed E-state index contributed by atoms with van der Waals surface area (Å²) in [6.07, 6.45) is 1.60. The highest BCUT2D eigenvalue weighted by Gasteiger charge is 2.18. The molecule has 2 aromatic carbocycles. The normalized spacial score (nSPS) is 11.5. The van der Waals surface area contributed by atoms with Gasteiger partial charge in [-0.25, -0.2) is 4.79 Å². The first-order valence-corrected chi connectivity index (χ1v) is 10.1. The molecule has 0 bridgehead atoms. The zero-order valence-electron chi connectivity index (χ0n) is 16.2. The van der Waals surface area contributed by atoms with Crippen LogP contribution < -0.4 is 4.74 Å². The van der Waals surface area contributed by atoms with Crippen LogP contribution in [0.1, 0.15) is 18.1 Å². The number of halogens is 1. The van der Waals surface area contributed by atoms with Crippen LogP contribution in [-0.4, -0.2) is 33.0 Å². The molecular formula is C21H20ClN3O3S. The molecule has 0 fully saturated rings. The first-order chi connectivity index (χ1) is 13.9. The van der Waals surface area contributed by atoms with Crippen LogP contribution in [-0.2, 0) is 11.3 Å². The summed E-state index contributed by atoms with van der Waals surface area (Å²) in [5.41, 5.74) is 2.57. The average Bonchev–Trinajstić information content (AvgIpc) is 3.11. The van der Waals surface area contributed by atoms with E-state index in [1.54, 1.807) is 25.3 Å². The van der Waals surface area contributed by atoms with E-state index in [9.17, 15) is 9.90 Å². The fourth-order valence-electron chi connectivity index (χ4n) is 2.77. The summed E-state index contributed by atoms with van der Waals surface area (Å²) < 4.78 is 7.20. The van der Waals surface area contributed by atoms with E-state index in [1.807, 2.05) is 48.7 Å². The lowest BCUT2D eigenvalue weighted by atomic mass is 10.1. The molecule has 0 radical (unpaired) electrons. The first kappa shape index (κ1) is 21.0. The predicted molar refractivity (Wildman–Crippen MR) is 115 cm³/mol. The Bertz CT molecular complexity index is 1060. The number of aliphatic carboxylic acids is 1. The van der Waals surface area contributed by atoms with Gasteiger partial charge in [0.15, 0.2) is 11.0 Å². The third kappa shape index (κ3) is 4.81. The monoisotopic (exact) mass is 429 g/mol. The molecule has 1 heterocycles. The molecule has 0 aliphatic rings. The van der Waals surface area contributed by atoms with Crippen LogP contribution in [0.2, 0.25) is 5.02 Å². The first-order valence-electron chi connectivity index (χ1n) is 8.89. The lowest BCUT2D eigenvalue weighted by Gasteiger charge is -2.09. The van der Waals surface area contributed by atoms with Crippen LogP contribution in [0.3, 0.4) is 0 Å². The summed E-state index contributed by atoms with van der Waals surface area (Å²) >= 11 is 7.02. The van der Waals surface area contributed by atoms with E-state index in [0.29, 0.717) is 28.3 Å². The maximum atomic E-state index is 11.9. The summed E-state index contributed by atoms with van der Waals surface area (Å²) in [7, 11) is 1.59. The molecule has 0 saturated heterocycles. The minimum absolute atomic E-state index is 0.140. The van der Waals surface area contributed by atoms with E-state index in [0.717, 1.165) is 28.5 Å². The fraction of sp³-hybridized carbons (Fsp3) is 0.190. The summed E-state index contributed by atoms with van der Waals surface area (Å²) in [5.74, 6) is 0.330. The molecule has 8 heteroatoms. The van der Waals surface area contributed by atoms with Gasteiger partial charge in [-0.3, -0.25) is 0 Å². The van der Waals surface area contributed by atoms with E-state index >= 15 is 0 Å². The Morgan fingerprint density at radius 3 is 2.59 bits per heavy atom. The number of carboxylic acid groups (broad SMARTS) is 1. The smallest absolute Gasteiger partial charge is 0.342 e. The molecule has 0 saturated carbocycles. The number of aryl methyl sites for hydroxylation is 1. The van der Waals surface area contributed by atoms with E-state index in [-0.39, 0.29) is 4.91 Å². The van der Waals surface area contributed by atoms with Crippen LogP contribution in [0.5, 0.6) is 5.75 Å². The highest BCUT2D eigenvalue weighted by Crippen LogP contribution is 2.31. The molecule has 0 atom stereocenters. The predicted octanol–water partition coefficient (Wildman–Crippen LogP) is 5.15. The largest absolute Gasteiger partial charge is 0.496 e. The van der Waals surface area contributed by atoms with Gasteiger partial charge in [0.25, 0.3) is 0 Å². The van der Waals surface area contributed by atoms with Crippen molar-refractivity contribution in [3.63, 3.8) is 0 Å². The van der Waals surface area contributed by atoms with Crippen molar-refractivity contribution < 1.29 is 14.6 Å². The highest BCUT2D eigenvalue weighted by atomic mass is 35.5. The number of aromatic nitrogens is 3. The molecular weight excluding hydrogens is 410 g/mol. The molecule has 150 valence electrons. The minimum atomic E-state index is -1.03. The zero-order valence-corrected chi connectivity index (χ0v) is 17.8. The number of methoxy groups -OCH3 is 1. The van der Waals surface area contributed by atoms with Gasteiger partial charge in [0.05, 0.1) is 7.11 Å². The number of nitrogens with zero attached hydrogens (tertiary/aromatic N) is 3. The Hall–Kier alpha value is -2.77. The molecule has 0 spiro atoms. The van der Waals surface area contributed by atoms with Crippen LogP contribution in [0, 0.1) is 6.92 Å². The number of carboxylic acids is 1.